The third-order valence-corrected chi connectivity index (χ3v) is 5.18. The monoisotopic (exact) mass is 343 g/mol. The Morgan fingerprint density at radius 2 is 2.00 bits per heavy atom. The number of nitrogens with one attached hydrogen (secondary N) is 1. The molecule has 1 aliphatic carbocycles. The molecule has 0 amide bonds. The molecule has 5 nitrogen and oxygen atoms in total. The quantitative estimate of drug-likeness (QED) is 0.804. The van der Waals surface area contributed by atoms with E-state index in [1.807, 2.05) is 11.6 Å². The van der Waals surface area contributed by atoms with E-state index in [1.165, 1.54) is 31.2 Å². The van der Waals surface area contributed by atoms with Crippen molar-refractivity contribution >= 4 is 5.69 Å². The van der Waals surface area contributed by atoms with E-state index in [1.54, 1.807) is 0 Å². The summed E-state index contributed by atoms with van der Waals surface area (Å²) in [5.74, 6) is 0.987. The topological polar surface area (TPSA) is 59.3 Å². The lowest BCUT2D eigenvalue weighted by molar-refractivity contribution is 0.209. The van der Waals surface area contributed by atoms with E-state index in [4.69, 9.17) is 9.84 Å². The predicted octanol–water partition coefficient (Wildman–Crippen LogP) is 3.73. The minimum atomic E-state index is 0.106. The van der Waals surface area contributed by atoms with Gasteiger partial charge in [-0.15, -0.1) is 0 Å². The summed E-state index contributed by atoms with van der Waals surface area (Å²) >= 11 is 0. The minimum Gasteiger partial charge on any atom is -0.490 e. The first-order valence-corrected chi connectivity index (χ1v) is 9.24. The summed E-state index contributed by atoms with van der Waals surface area (Å²) in [7, 11) is 0. The van der Waals surface area contributed by atoms with E-state index >= 15 is 0 Å². The van der Waals surface area contributed by atoms with Crippen LogP contribution < -0.4 is 10.1 Å². The van der Waals surface area contributed by atoms with Crippen LogP contribution in [0.2, 0.25) is 0 Å². The van der Waals surface area contributed by atoms with Gasteiger partial charge in [-0.25, -0.2) is 0 Å². The Morgan fingerprint density at radius 3 is 2.72 bits per heavy atom. The van der Waals surface area contributed by atoms with Crippen LogP contribution in [0.1, 0.15) is 48.2 Å². The molecule has 1 aromatic heterocycles. The van der Waals surface area contributed by atoms with Crippen molar-refractivity contribution in [2.75, 3.05) is 11.9 Å². The normalized spacial score (nSPS) is 14.9. The van der Waals surface area contributed by atoms with Crippen LogP contribution in [-0.4, -0.2) is 27.6 Å². The van der Waals surface area contributed by atoms with E-state index in [-0.39, 0.29) is 6.61 Å². The molecule has 3 rings (SSSR count). The van der Waals surface area contributed by atoms with E-state index in [2.05, 4.69) is 42.5 Å². The van der Waals surface area contributed by atoms with Gasteiger partial charge in [-0.3, -0.25) is 4.68 Å². The summed E-state index contributed by atoms with van der Waals surface area (Å²) in [5.41, 5.74) is 5.57. The smallest absolute Gasteiger partial charge is 0.124 e. The summed E-state index contributed by atoms with van der Waals surface area (Å²) < 4.78 is 8.07. The van der Waals surface area contributed by atoms with Crippen molar-refractivity contribution in [2.45, 2.75) is 65.6 Å². The molecule has 0 unspecified atom stereocenters. The zero-order chi connectivity index (χ0) is 17.8. The summed E-state index contributed by atoms with van der Waals surface area (Å²) in [6, 6.07) is 6.21. The zero-order valence-corrected chi connectivity index (χ0v) is 15.5. The summed E-state index contributed by atoms with van der Waals surface area (Å²) in [6.07, 6.45) is 5.25. The molecule has 0 bridgehead atoms. The van der Waals surface area contributed by atoms with Crippen LogP contribution in [0.3, 0.4) is 0 Å². The number of anilines is 1. The van der Waals surface area contributed by atoms with Crippen molar-refractivity contribution < 1.29 is 9.84 Å². The van der Waals surface area contributed by atoms with Crippen molar-refractivity contribution in [3.8, 4) is 5.75 Å². The van der Waals surface area contributed by atoms with Gasteiger partial charge in [0, 0.05) is 29.1 Å². The van der Waals surface area contributed by atoms with E-state index in [0.29, 0.717) is 12.6 Å². The minimum absolute atomic E-state index is 0.106. The molecule has 1 saturated carbocycles. The number of ether oxygens (including phenoxy) is 1. The van der Waals surface area contributed by atoms with Crippen molar-refractivity contribution in [3.63, 3.8) is 0 Å². The van der Waals surface area contributed by atoms with Crippen LogP contribution in [-0.2, 0) is 13.1 Å². The molecule has 1 aliphatic rings. The third kappa shape index (κ3) is 3.98. The molecule has 136 valence electrons. The molecular weight excluding hydrogens is 314 g/mol. The fraction of sp³-hybridized carbons (Fsp3) is 0.550. The Labute approximate surface area is 150 Å². The van der Waals surface area contributed by atoms with E-state index in [9.17, 15) is 0 Å². The molecule has 1 fully saturated rings. The number of aliphatic hydroxyl groups excluding tert-OH is 1. The number of rotatable bonds is 7. The SMILES string of the molecule is Cc1nn(CCO)c(C)c1CNc1cccc(OC2CCCC2)c1C. The fourth-order valence-electron chi connectivity index (χ4n) is 3.61. The first-order valence-electron chi connectivity index (χ1n) is 9.24. The van der Waals surface area contributed by atoms with Crippen molar-refractivity contribution in [1.82, 2.24) is 9.78 Å². The summed E-state index contributed by atoms with van der Waals surface area (Å²) in [5, 5.41) is 17.2. The van der Waals surface area contributed by atoms with Gasteiger partial charge in [-0.2, -0.15) is 5.10 Å². The molecule has 5 heteroatoms. The maximum Gasteiger partial charge on any atom is 0.124 e. The molecule has 2 aromatic rings. The molecule has 0 radical (unpaired) electrons. The van der Waals surface area contributed by atoms with Crippen LogP contribution in [0.25, 0.3) is 0 Å². The van der Waals surface area contributed by atoms with Gasteiger partial charge in [-0.1, -0.05) is 6.07 Å². The predicted molar refractivity (Wildman–Crippen MR) is 100 cm³/mol. The van der Waals surface area contributed by atoms with Crippen molar-refractivity contribution in [1.29, 1.82) is 0 Å². The van der Waals surface area contributed by atoms with Gasteiger partial charge in [0.1, 0.15) is 5.75 Å². The second-order valence-electron chi connectivity index (χ2n) is 6.90. The number of aromatic nitrogens is 2. The highest BCUT2D eigenvalue weighted by Gasteiger charge is 2.18. The standard InChI is InChI=1S/C20H29N3O2/c1-14-19(9-6-10-20(14)25-17-7-4-5-8-17)21-13-18-15(2)22-23(11-12-24)16(18)3/h6,9-10,17,21,24H,4-5,7-8,11-13H2,1-3H3. The van der Waals surface area contributed by atoms with Crippen LogP contribution in [0.5, 0.6) is 5.75 Å². The van der Waals surface area contributed by atoms with Crippen LogP contribution in [0.15, 0.2) is 18.2 Å². The number of hydrogen-bond donors (Lipinski definition) is 2. The molecule has 25 heavy (non-hydrogen) atoms. The van der Waals surface area contributed by atoms with Gasteiger partial charge in [0.15, 0.2) is 0 Å². The number of nitrogens with zero attached hydrogens (tertiary/aromatic N) is 2. The highest BCUT2D eigenvalue weighted by molar-refractivity contribution is 5.57. The van der Waals surface area contributed by atoms with Crippen LogP contribution in [0, 0.1) is 20.8 Å². The van der Waals surface area contributed by atoms with Gasteiger partial charge in [0.2, 0.25) is 0 Å². The molecule has 2 N–H and O–H groups in total. The Hall–Kier alpha value is -2.01. The van der Waals surface area contributed by atoms with Crippen molar-refractivity contribution in [2.24, 2.45) is 0 Å². The van der Waals surface area contributed by atoms with Gasteiger partial charge in [-0.05, 0) is 58.6 Å². The zero-order valence-electron chi connectivity index (χ0n) is 15.5. The van der Waals surface area contributed by atoms with Gasteiger partial charge >= 0.3 is 0 Å². The highest BCUT2D eigenvalue weighted by atomic mass is 16.5. The maximum absolute atomic E-state index is 9.15. The maximum atomic E-state index is 9.15. The average Bonchev–Trinajstić information content (AvgIpc) is 3.19. The Balaban J connectivity index is 1.71. The largest absolute Gasteiger partial charge is 0.490 e. The van der Waals surface area contributed by atoms with Gasteiger partial charge in [0.05, 0.1) is 24.9 Å². The molecular formula is C20H29N3O2. The summed E-state index contributed by atoms with van der Waals surface area (Å²) in [6.45, 7) is 7.55. The molecule has 0 atom stereocenters. The number of hydrogen-bond acceptors (Lipinski definition) is 4. The second-order valence-corrected chi connectivity index (χ2v) is 6.90. The van der Waals surface area contributed by atoms with Gasteiger partial charge in [0.25, 0.3) is 0 Å². The van der Waals surface area contributed by atoms with Gasteiger partial charge < -0.3 is 15.2 Å². The average molecular weight is 343 g/mol. The van der Waals surface area contributed by atoms with Crippen molar-refractivity contribution in [3.05, 3.63) is 40.7 Å². The van der Waals surface area contributed by atoms with Crippen LogP contribution in [0.4, 0.5) is 5.69 Å². The lowest BCUT2D eigenvalue weighted by Crippen LogP contribution is -2.12. The second kappa shape index (κ2) is 7.91. The summed E-state index contributed by atoms with van der Waals surface area (Å²) in [4.78, 5) is 0. The molecule has 0 aliphatic heterocycles. The van der Waals surface area contributed by atoms with Crippen LogP contribution >= 0.6 is 0 Å². The number of benzene rings is 1. The van der Waals surface area contributed by atoms with E-state index in [0.717, 1.165) is 34.9 Å². The Morgan fingerprint density at radius 1 is 1.24 bits per heavy atom. The molecule has 0 saturated heterocycles. The van der Waals surface area contributed by atoms with E-state index < -0.39 is 0 Å². The Bertz CT molecular complexity index is 718. The highest BCUT2D eigenvalue weighted by Crippen LogP contribution is 2.30. The number of aliphatic hydroxyl groups is 1. The molecule has 0 spiro atoms. The first-order chi connectivity index (χ1) is 12.1. The molecule has 1 heterocycles. The Kier molecular flexibility index (Phi) is 5.63. The lowest BCUT2D eigenvalue weighted by Gasteiger charge is -2.18. The molecule has 1 aromatic carbocycles. The first kappa shape index (κ1) is 17.8. The number of aryl methyl sites for hydroxylation is 1. The lowest BCUT2D eigenvalue weighted by atomic mass is 10.1. The fourth-order valence-corrected chi connectivity index (χ4v) is 3.61. The third-order valence-electron chi connectivity index (χ3n) is 5.18.